The Bertz CT molecular complexity index is 2480. The highest BCUT2D eigenvalue weighted by molar-refractivity contribution is 6.20. The van der Waals surface area contributed by atoms with Crippen LogP contribution in [0, 0.1) is 11.3 Å². The molecule has 310 valence electrons. The molecule has 1 atom stereocenters. The highest BCUT2D eigenvalue weighted by atomic mass is 16.2. The van der Waals surface area contributed by atoms with Gasteiger partial charge in [-0.2, -0.15) is 5.26 Å². The first-order valence-corrected chi connectivity index (χ1v) is 21.5. The van der Waals surface area contributed by atoms with Crippen LogP contribution in [0.4, 0.5) is 11.4 Å². The van der Waals surface area contributed by atoms with Gasteiger partial charge in [0.05, 0.1) is 17.2 Å². The van der Waals surface area contributed by atoms with Crippen molar-refractivity contribution in [3.63, 3.8) is 0 Å². The predicted octanol–water partition coefficient (Wildman–Crippen LogP) is 5.24. The number of piperazine rings is 1. The van der Waals surface area contributed by atoms with Crippen molar-refractivity contribution < 1.29 is 24.0 Å². The minimum Gasteiger partial charge on any atom is -0.385 e. The number of H-pyrrole nitrogens is 1. The molecule has 13 heteroatoms. The monoisotopic (exact) mass is 808 g/mol. The number of hydrogen-bond acceptors (Lipinski definition) is 9. The maximum absolute atomic E-state index is 14.1. The molecule has 1 aliphatic carbocycles. The van der Waals surface area contributed by atoms with Crippen LogP contribution in [0.2, 0.25) is 0 Å². The van der Waals surface area contributed by atoms with E-state index in [2.05, 4.69) is 64.4 Å². The van der Waals surface area contributed by atoms with Gasteiger partial charge in [0, 0.05) is 116 Å². The summed E-state index contributed by atoms with van der Waals surface area (Å²) in [6.45, 7) is 12.6. The van der Waals surface area contributed by atoms with Crippen LogP contribution in [0.25, 0.3) is 10.9 Å². The minimum atomic E-state index is -0.636. The molecule has 0 saturated carbocycles. The number of aromatic amines is 1. The van der Waals surface area contributed by atoms with E-state index in [0.717, 1.165) is 103 Å². The number of anilines is 2. The lowest BCUT2D eigenvalue weighted by Gasteiger charge is -2.44. The van der Waals surface area contributed by atoms with Gasteiger partial charge in [0.2, 0.25) is 17.7 Å². The number of aryl methyl sites for hydroxylation is 1. The fourth-order valence-corrected chi connectivity index (χ4v) is 10.3. The van der Waals surface area contributed by atoms with Gasteiger partial charge < -0.3 is 25.0 Å². The van der Waals surface area contributed by atoms with E-state index in [1.807, 2.05) is 29.2 Å². The fourth-order valence-electron chi connectivity index (χ4n) is 10.3. The van der Waals surface area contributed by atoms with Crippen molar-refractivity contribution in [3.05, 3.63) is 93.2 Å². The Kier molecular flexibility index (Phi) is 10.2. The Balaban J connectivity index is 0.753. The summed E-state index contributed by atoms with van der Waals surface area (Å²) in [6, 6.07) is 17.6. The van der Waals surface area contributed by atoms with E-state index in [1.54, 1.807) is 17.0 Å². The minimum absolute atomic E-state index is 0.0435. The van der Waals surface area contributed by atoms with Crippen LogP contribution in [0.15, 0.2) is 48.5 Å². The van der Waals surface area contributed by atoms with Crippen LogP contribution >= 0.6 is 0 Å². The van der Waals surface area contributed by atoms with E-state index in [0.29, 0.717) is 49.5 Å². The zero-order valence-corrected chi connectivity index (χ0v) is 34.7. The van der Waals surface area contributed by atoms with Crippen molar-refractivity contribution in [2.24, 2.45) is 0 Å². The SMILES string of the molecule is CCc1cc2c(cc1N1CCC(N3CCN(C(=O)CCCNc4ccc5c(c4)CN(C4CCC(=O)NC4=O)C5=O)CC3)CC1)C(C)(C)c1[nH]c3cc(C#N)ccc3c1C2=O. The maximum atomic E-state index is 14.1. The molecule has 0 bridgehead atoms. The second kappa shape index (κ2) is 15.6. The van der Waals surface area contributed by atoms with Crippen molar-refractivity contribution in [1.29, 1.82) is 5.26 Å². The molecule has 4 aromatic rings. The predicted molar refractivity (Wildman–Crippen MR) is 228 cm³/mol. The Morgan fingerprint density at radius 3 is 2.45 bits per heavy atom. The highest BCUT2D eigenvalue weighted by Gasteiger charge is 2.42. The van der Waals surface area contributed by atoms with Gasteiger partial charge in [-0.1, -0.05) is 26.8 Å². The molecule has 1 unspecified atom stereocenters. The van der Waals surface area contributed by atoms with E-state index >= 15 is 0 Å². The van der Waals surface area contributed by atoms with Gasteiger partial charge in [0.25, 0.3) is 5.91 Å². The third kappa shape index (κ3) is 6.90. The van der Waals surface area contributed by atoms with E-state index < -0.39 is 17.4 Å². The lowest BCUT2D eigenvalue weighted by Crippen LogP contribution is -2.54. The number of benzene rings is 3. The molecule has 0 spiro atoms. The van der Waals surface area contributed by atoms with E-state index in [-0.39, 0.29) is 29.9 Å². The number of ketones is 1. The summed E-state index contributed by atoms with van der Waals surface area (Å²) < 4.78 is 0. The van der Waals surface area contributed by atoms with Crippen LogP contribution in [0.3, 0.4) is 0 Å². The van der Waals surface area contributed by atoms with E-state index in [4.69, 9.17) is 0 Å². The van der Waals surface area contributed by atoms with Crippen molar-refractivity contribution in [2.75, 3.05) is 56.0 Å². The summed E-state index contributed by atoms with van der Waals surface area (Å²) in [7, 11) is 0. The first-order chi connectivity index (χ1) is 28.9. The molecule has 1 aromatic heterocycles. The second-order valence-electron chi connectivity index (χ2n) is 17.5. The first kappa shape index (κ1) is 39.5. The van der Waals surface area contributed by atoms with Crippen molar-refractivity contribution in [2.45, 2.75) is 89.8 Å². The quantitative estimate of drug-likeness (QED) is 0.152. The molecule has 5 heterocycles. The summed E-state index contributed by atoms with van der Waals surface area (Å²) in [5, 5.41) is 16.1. The van der Waals surface area contributed by atoms with Crippen molar-refractivity contribution in [1.82, 2.24) is 25.0 Å². The normalized spacial score (nSPS) is 20.5. The molecule has 60 heavy (non-hydrogen) atoms. The van der Waals surface area contributed by atoms with Crippen LogP contribution in [0.5, 0.6) is 0 Å². The number of imide groups is 1. The molecular weight excluding hydrogens is 757 g/mol. The maximum Gasteiger partial charge on any atom is 0.255 e. The number of amides is 4. The number of piperidine rings is 2. The Hall–Kier alpha value is -6.00. The molecular formula is C47H52N8O5. The van der Waals surface area contributed by atoms with E-state index in [9.17, 15) is 29.2 Å². The number of nitrogens with zero attached hydrogens (tertiary/aromatic N) is 5. The molecule has 3 fully saturated rings. The van der Waals surface area contributed by atoms with Gasteiger partial charge in [0.15, 0.2) is 5.78 Å². The number of nitriles is 1. The van der Waals surface area contributed by atoms with Gasteiger partial charge >= 0.3 is 0 Å². The lowest BCUT2D eigenvalue weighted by atomic mass is 9.70. The summed E-state index contributed by atoms with van der Waals surface area (Å²) in [4.78, 5) is 76.5. The van der Waals surface area contributed by atoms with Crippen molar-refractivity contribution in [3.8, 4) is 6.07 Å². The number of fused-ring (bicyclic) bond motifs is 5. The average molecular weight is 809 g/mol. The number of carbonyl (C=O) groups excluding carboxylic acids is 5. The highest BCUT2D eigenvalue weighted by Crippen LogP contribution is 2.46. The molecule has 3 saturated heterocycles. The van der Waals surface area contributed by atoms with Gasteiger partial charge in [-0.25, -0.2) is 0 Å². The molecule has 0 radical (unpaired) electrons. The molecule has 3 N–H and O–H groups in total. The molecule has 4 amide bonds. The molecule has 13 nitrogen and oxygen atoms in total. The fraction of sp³-hybridized carbons (Fsp3) is 0.447. The van der Waals surface area contributed by atoms with Crippen LogP contribution in [0.1, 0.15) is 114 Å². The van der Waals surface area contributed by atoms with Crippen molar-refractivity contribution >= 4 is 51.7 Å². The Morgan fingerprint density at radius 1 is 0.933 bits per heavy atom. The Labute approximate surface area is 350 Å². The Morgan fingerprint density at radius 2 is 1.72 bits per heavy atom. The van der Waals surface area contributed by atoms with E-state index in [1.165, 1.54) is 11.3 Å². The zero-order valence-electron chi connectivity index (χ0n) is 34.7. The average Bonchev–Trinajstić information content (AvgIpc) is 3.81. The molecule has 5 aliphatic rings. The number of carbonyl (C=O) groups is 5. The third-order valence-electron chi connectivity index (χ3n) is 13.7. The smallest absolute Gasteiger partial charge is 0.255 e. The van der Waals surface area contributed by atoms with Gasteiger partial charge in [-0.3, -0.25) is 34.2 Å². The van der Waals surface area contributed by atoms with Crippen LogP contribution < -0.4 is 15.5 Å². The lowest BCUT2D eigenvalue weighted by molar-refractivity contribution is -0.137. The number of aromatic nitrogens is 1. The standard InChI is InChI=1S/C47H52N8O5/c1-4-29-24-35-36(47(2,3)44-42(43(35)58)34-9-7-28(26-48)22-37(34)50-44)25-39(29)53-16-13-32(14-17-53)52-18-20-54(21-19-52)41(57)6-5-15-49-31-8-10-33-30(23-31)27-55(46(33)60)38-11-12-40(56)51-45(38)59/h7-10,22-25,32,38,49-50H,4-6,11-21,27H2,1-3H3,(H,51,56,59). The summed E-state index contributed by atoms with van der Waals surface area (Å²) in [5.74, 6) is -0.684. The number of nitrogens with one attached hydrogen (secondary N) is 3. The third-order valence-corrected chi connectivity index (χ3v) is 13.7. The first-order valence-electron chi connectivity index (χ1n) is 21.5. The summed E-state index contributed by atoms with van der Waals surface area (Å²) in [6.07, 6.45) is 4.63. The van der Waals surface area contributed by atoms with Gasteiger partial charge in [0.1, 0.15) is 6.04 Å². The van der Waals surface area contributed by atoms with Crippen LogP contribution in [-0.4, -0.2) is 107 Å². The largest absolute Gasteiger partial charge is 0.385 e. The van der Waals surface area contributed by atoms with Crippen LogP contribution in [-0.2, 0) is 32.8 Å². The second-order valence-corrected chi connectivity index (χ2v) is 17.5. The summed E-state index contributed by atoms with van der Waals surface area (Å²) in [5.41, 5.74) is 9.12. The molecule has 3 aromatic carbocycles. The number of rotatable bonds is 9. The molecule has 9 rings (SSSR count). The zero-order chi connectivity index (χ0) is 41.9. The van der Waals surface area contributed by atoms with Gasteiger partial charge in [-0.15, -0.1) is 0 Å². The topological polar surface area (TPSA) is 162 Å². The number of hydrogen-bond donors (Lipinski definition) is 3. The summed E-state index contributed by atoms with van der Waals surface area (Å²) >= 11 is 0. The van der Waals surface area contributed by atoms with Gasteiger partial charge in [-0.05, 0) is 91.3 Å². The molecule has 4 aliphatic heterocycles.